The van der Waals surface area contributed by atoms with E-state index in [1.165, 1.54) is 0 Å². The topological polar surface area (TPSA) is 57.7 Å². The molecule has 0 atom stereocenters. The monoisotopic (exact) mass is 336 g/mol. The summed E-state index contributed by atoms with van der Waals surface area (Å²) in [5.41, 5.74) is 2.12. The Kier molecular flexibility index (Phi) is 4.73. The highest BCUT2D eigenvalue weighted by Crippen LogP contribution is 2.26. The van der Waals surface area contributed by atoms with Crippen molar-refractivity contribution >= 4 is 15.9 Å². The maximum absolute atomic E-state index is 12.8. The van der Waals surface area contributed by atoms with Gasteiger partial charge in [-0.1, -0.05) is 19.4 Å². The quantitative estimate of drug-likeness (QED) is 0.850. The van der Waals surface area contributed by atoms with Gasteiger partial charge in [0.25, 0.3) is 0 Å². The average molecular weight is 336 g/mol. The van der Waals surface area contributed by atoms with Crippen molar-refractivity contribution in [1.29, 1.82) is 0 Å². The molecular weight excluding hydrogens is 312 g/mol. The Hall–Kier alpha value is -1.40. The summed E-state index contributed by atoms with van der Waals surface area (Å²) in [6.07, 6.45) is 4.25. The van der Waals surface area contributed by atoms with Crippen molar-refractivity contribution in [3.8, 4) is 0 Å². The predicted molar refractivity (Wildman–Crippen MR) is 88.5 cm³/mol. The van der Waals surface area contributed by atoms with E-state index in [1.807, 2.05) is 17.9 Å². The summed E-state index contributed by atoms with van der Waals surface area (Å²) in [5.74, 6) is 0.125. The molecule has 2 aliphatic heterocycles. The van der Waals surface area contributed by atoms with E-state index < -0.39 is 10.0 Å². The molecule has 0 radical (unpaired) electrons. The van der Waals surface area contributed by atoms with E-state index in [-0.39, 0.29) is 5.91 Å². The highest BCUT2D eigenvalue weighted by atomic mass is 32.2. The van der Waals surface area contributed by atoms with Gasteiger partial charge in [0.15, 0.2) is 0 Å². The number of carbonyl (C=O) groups is 1. The van der Waals surface area contributed by atoms with E-state index in [2.05, 4.69) is 0 Å². The van der Waals surface area contributed by atoms with E-state index in [0.717, 1.165) is 43.4 Å². The molecule has 126 valence electrons. The van der Waals surface area contributed by atoms with E-state index in [4.69, 9.17) is 0 Å². The first kappa shape index (κ1) is 16.5. The number of amides is 1. The summed E-state index contributed by atoms with van der Waals surface area (Å²) >= 11 is 0. The number of carbonyl (C=O) groups excluding carboxylic acids is 1. The molecule has 5 nitrogen and oxygen atoms in total. The summed E-state index contributed by atoms with van der Waals surface area (Å²) in [4.78, 5) is 14.1. The van der Waals surface area contributed by atoms with Crippen LogP contribution >= 0.6 is 0 Å². The van der Waals surface area contributed by atoms with Crippen LogP contribution in [0.2, 0.25) is 0 Å². The maximum atomic E-state index is 12.8. The predicted octanol–water partition coefficient (Wildman–Crippen LogP) is 2.16. The lowest BCUT2D eigenvalue weighted by Crippen LogP contribution is -2.37. The average Bonchev–Trinajstić information content (AvgIpc) is 2.60. The van der Waals surface area contributed by atoms with Gasteiger partial charge in [0.2, 0.25) is 15.9 Å². The van der Waals surface area contributed by atoms with Gasteiger partial charge in [0.1, 0.15) is 0 Å². The Labute approximate surface area is 138 Å². The lowest BCUT2D eigenvalue weighted by Gasteiger charge is -2.30. The summed E-state index contributed by atoms with van der Waals surface area (Å²) < 4.78 is 27.2. The Bertz CT molecular complexity index is 694. The van der Waals surface area contributed by atoms with Gasteiger partial charge in [-0.2, -0.15) is 4.31 Å². The van der Waals surface area contributed by atoms with Crippen LogP contribution < -0.4 is 0 Å². The molecule has 0 spiro atoms. The highest BCUT2D eigenvalue weighted by Gasteiger charge is 2.28. The van der Waals surface area contributed by atoms with Crippen LogP contribution in [-0.2, 0) is 27.8 Å². The van der Waals surface area contributed by atoms with Crippen LogP contribution in [0.15, 0.2) is 23.1 Å². The number of sulfonamides is 1. The molecule has 2 heterocycles. The normalized spacial score (nSPS) is 19.4. The van der Waals surface area contributed by atoms with Gasteiger partial charge in [-0.15, -0.1) is 0 Å². The van der Waals surface area contributed by atoms with Crippen LogP contribution in [0.3, 0.4) is 0 Å². The Morgan fingerprint density at radius 3 is 2.52 bits per heavy atom. The third kappa shape index (κ3) is 3.28. The van der Waals surface area contributed by atoms with Crippen molar-refractivity contribution < 1.29 is 13.2 Å². The van der Waals surface area contributed by atoms with Gasteiger partial charge in [-0.05, 0) is 42.5 Å². The largest absolute Gasteiger partial charge is 0.338 e. The number of rotatable bonds is 3. The first-order valence-electron chi connectivity index (χ1n) is 8.42. The molecule has 23 heavy (non-hydrogen) atoms. The molecule has 1 aromatic carbocycles. The minimum atomic E-state index is -3.41. The van der Waals surface area contributed by atoms with Crippen molar-refractivity contribution in [2.45, 2.75) is 50.5 Å². The number of hydrogen-bond acceptors (Lipinski definition) is 3. The molecule has 0 unspecified atom stereocenters. The Morgan fingerprint density at radius 1 is 1.09 bits per heavy atom. The number of benzene rings is 1. The highest BCUT2D eigenvalue weighted by molar-refractivity contribution is 7.89. The van der Waals surface area contributed by atoms with Crippen LogP contribution in [-0.4, -0.2) is 43.2 Å². The molecule has 0 N–H and O–H groups in total. The number of nitrogens with zero attached hydrogens (tertiary/aromatic N) is 2. The van der Waals surface area contributed by atoms with Crippen LogP contribution in [0.25, 0.3) is 0 Å². The lowest BCUT2D eigenvalue weighted by molar-refractivity contribution is -0.131. The fraction of sp³-hybridized carbons (Fsp3) is 0.588. The smallest absolute Gasteiger partial charge is 0.243 e. The summed E-state index contributed by atoms with van der Waals surface area (Å²) in [5, 5.41) is 0. The zero-order valence-electron chi connectivity index (χ0n) is 13.6. The van der Waals surface area contributed by atoms with Crippen LogP contribution in [0.4, 0.5) is 0 Å². The van der Waals surface area contributed by atoms with Crippen molar-refractivity contribution in [1.82, 2.24) is 9.21 Å². The van der Waals surface area contributed by atoms with E-state index in [1.54, 1.807) is 16.4 Å². The molecule has 3 rings (SSSR count). The number of hydrogen-bond donors (Lipinski definition) is 0. The molecule has 0 aliphatic carbocycles. The second kappa shape index (κ2) is 6.61. The summed E-state index contributed by atoms with van der Waals surface area (Å²) in [6, 6.07) is 5.41. The lowest BCUT2D eigenvalue weighted by atomic mass is 10.00. The third-order valence-corrected chi connectivity index (χ3v) is 6.69. The molecule has 1 aromatic rings. The minimum absolute atomic E-state index is 0.125. The van der Waals surface area contributed by atoms with E-state index >= 15 is 0 Å². The second-order valence-electron chi connectivity index (χ2n) is 6.31. The van der Waals surface area contributed by atoms with Gasteiger partial charge >= 0.3 is 0 Å². The Morgan fingerprint density at radius 2 is 1.83 bits per heavy atom. The number of fused-ring (bicyclic) bond motifs is 1. The SMILES string of the molecule is CCC(=O)N1CCc2ccc(S(=O)(=O)N3CCCCC3)cc2C1. The zero-order valence-corrected chi connectivity index (χ0v) is 14.4. The van der Waals surface area contributed by atoms with Gasteiger partial charge in [0, 0.05) is 32.6 Å². The first-order chi connectivity index (χ1) is 11.0. The van der Waals surface area contributed by atoms with Gasteiger partial charge in [0.05, 0.1) is 4.90 Å². The van der Waals surface area contributed by atoms with E-state index in [0.29, 0.717) is 31.0 Å². The minimum Gasteiger partial charge on any atom is -0.338 e. The van der Waals surface area contributed by atoms with Crippen molar-refractivity contribution in [2.24, 2.45) is 0 Å². The van der Waals surface area contributed by atoms with Crippen molar-refractivity contribution in [2.75, 3.05) is 19.6 Å². The molecule has 1 amide bonds. The van der Waals surface area contributed by atoms with Gasteiger partial charge in [-0.3, -0.25) is 4.79 Å². The molecule has 1 fully saturated rings. The van der Waals surface area contributed by atoms with Gasteiger partial charge < -0.3 is 4.90 Å². The maximum Gasteiger partial charge on any atom is 0.243 e. The zero-order chi connectivity index (χ0) is 16.4. The second-order valence-corrected chi connectivity index (χ2v) is 8.25. The van der Waals surface area contributed by atoms with Crippen molar-refractivity contribution in [3.63, 3.8) is 0 Å². The Balaban J connectivity index is 1.87. The molecule has 0 bridgehead atoms. The summed E-state index contributed by atoms with van der Waals surface area (Å²) in [7, 11) is -3.41. The molecule has 0 aromatic heterocycles. The molecular formula is C17H24N2O3S. The fourth-order valence-corrected chi connectivity index (χ4v) is 4.95. The first-order valence-corrected chi connectivity index (χ1v) is 9.86. The fourth-order valence-electron chi connectivity index (χ4n) is 3.38. The molecule has 6 heteroatoms. The molecule has 2 aliphatic rings. The van der Waals surface area contributed by atoms with Gasteiger partial charge in [-0.25, -0.2) is 8.42 Å². The van der Waals surface area contributed by atoms with E-state index in [9.17, 15) is 13.2 Å². The number of piperidine rings is 1. The summed E-state index contributed by atoms with van der Waals surface area (Å²) in [6.45, 7) is 4.32. The van der Waals surface area contributed by atoms with Crippen LogP contribution in [0.1, 0.15) is 43.7 Å². The van der Waals surface area contributed by atoms with Crippen molar-refractivity contribution in [3.05, 3.63) is 29.3 Å². The third-order valence-electron chi connectivity index (χ3n) is 4.80. The standard InChI is InChI=1S/C17H24N2O3S/c1-2-17(20)18-11-8-14-6-7-16(12-15(14)13-18)23(21,22)19-9-4-3-5-10-19/h6-7,12H,2-5,8-11,13H2,1H3. The van der Waals surface area contributed by atoms with Crippen LogP contribution in [0, 0.1) is 0 Å². The van der Waals surface area contributed by atoms with Crippen LogP contribution in [0.5, 0.6) is 0 Å². The molecule has 1 saturated heterocycles. The molecule has 0 saturated carbocycles.